The van der Waals surface area contributed by atoms with Crippen LogP contribution in [0.5, 0.6) is 0 Å². The highest BCUT2D eigenvalue weighted by atomic mass is 19.1. The fourth-order valence-corrected chi connectivity index (χ4v) is 7.85. The van der Waals surface area contributed by atoms with E-state index in [-0.39, 0.29) is 68.2 Å². The number of aliphatic hydroxyl groups is 2. The van der Waals surface area contributed by atoms with Gasteiger partial charge in [-0.1, -0.05) is 44.6 Å². The van der Waals surface area contributed by atoms with E-state index in [1.807, 2.05) is 11.0 Å². The van der Waals surface area contributed by atoms with Crippen LogP contribution in [-0.2, 0) is 23.9 Å². The maximum atomic E-state index is 13.3. The molecule has 0 bridgehead atoms. The second-order valence-electron chi connectivity index (χ2n) is 18.0. The first kappa shape index (κ1) is 84.9. The Kier molecular flexibility index (Phi) is 43.1. The summed E-state index contributed by atoms with van der Waals surface area (Å²) in [5.74, 6) is -1.49. The smallest absolute Gasteiger partial charge is 0.330 e. The molecule has 2 saturated heterocycles. The number of rotatable bonds is 17. The third kappa shape index (κ3) is 31.0. The molecule has 2 aliphatic rings. The van der Waals surface area contributed by atoms with Crippen LogP contribution in [0.3, 0.4) is 0 Å². The van der Waals surface area contributed by atoms with Gasteiger partial charge in [0.15, 0.2) is 18.6 Å². The quantitative estimate of drug-likeness (QED) is 0.0321. The molecule has 6 aromatic heterocycles. The van der Waals surface area contributed by atoms with Crippen LogP contribution < -0.4 is 20.4 Å². The number of piperidine rings is 2. The second kappa shape index (κ2) is 47.7. The summed E-state index contributed by atoms with van der Waals surface area (Å²) in [7, 11) is 0. The molecule has 2 atom stereocenters. The number of aromatic nitrogens is 6. The molecular formula is C65H84F2N12O15. The number of nitrogens with one attached hydrogen (secondary N) is 2. The number of aldehydes is 1. The maximum Gasteiger partial charge on any atom is 0.330 e. The Labute approximate surface area is 545 Å². The number of oxazole rings is 6. The van der Waals surface area contributed by atoms with Gasteiger partial charge in [-0.2, -0.15) is 10.5 Å². The number of nitrogens with zero attached hydrogens (tertiary/aromatic N) is 10. The van der Waals surface area contributed by atoms with E-state index in [1.54, 1.807) is 25.3 Å². The van der Waals surface area contributed by atoms with Crippen molar-refractivity contribution < 1.29 is 79.3 Å². The van der Waals surface area contributed by atoms with Crippen LogP contribution in [0, 0.1) is 46.1 Å². The van der Waals surface area contributed by atoms with Crippen LogP contribution in [0.25, 0.3) is 18.2 Å². The van der Waals surface area contributed by atoms with Crippen molar-refractivity contribution in [1.29, 1.82) is 10.5 Å². The predicted octanol–water partition coefficient (Wildman–Crippen LogP) is 10.8. The summed E-state index contributed by atoms with van der Waals surface area (Å²) in [6, 6.07) is 12.5. The summed E-state index contributed by atoms with van der Waals surface area (Å²) in [5.41, 5.74) is 2.13. The topological polar surface area (TPSA) is 390 Å². The van der Waals surface area contributed by atoms with E-state index in [0.717, 1.165) is 50.5 Å². The Bertz CT molecular complexity index is 3450. The number of carboxylic acids is 1. The van der Waals surface area contributed by atoms with Crippen LogP contribution in [-0.4, -0.2) is 127 Å². The van der Waals surface area contributed by atoms with Crippen molar-refractivity contribution in [3.05, 3.63) is 188 Å². The Balaban J connectivity index is 0. The molecule has 10 rings (SSSR count). The van der Waals surface area contributed by atoms with Gasteiger partial charge in [-0.25, -0.2) is 48.3 Å². The molecule has 2 fully saturated rings. The third-order valence-electron chi connectivity index (χ3n) is 12.1. The van der Waals surface area contributed by atoms with E-state index < -0.39 is 41.7 Å². The number of carbonyl (C=O) groups excluding carboxylic acids is 4. The van der Waals surface area contributed by atoms with E-state index in [9.17, 15) is 53.5 Å². The van der Waals surface area contributed by atoms with Crippen molar-refractivity contribution in [2.45, 2.75) is 89.4 Å². The highest BCUT2D eigenvalue weighted by Gasteiger charge is 2.30. The van der Waals surface area contributed by atoms with Gasteiger partial charge in [0.2, 0.25) is 35.8 Å². The van der Waals surface area contributed by atoms with Crippen molar-refractivity contribution in [2.24, 2.45) is 11.8 Å². The predicted molar refractivity (Wildman–Crippen MR) is 345 cm³/mol. The molecule has 0 spiro atoms. The molecular weight excluding hydrogens is 1230 g/mol. The largest absolute Gasteiger partial charge is 0.478 e. The number of nitriles is 2. The third-order valence-corrected chi connectivity index (χ3v) is 12.1. The summed E-state index contributed by atoms with van der Waals surface area (Å²) in [6.07, 6.45) is 27.1. The Morgan fingerprint density at radius 3 is 1.43 bits per heavy atom. The molecule has 2 amide bonds. The molecule has 27 nitrogen and oxygen atoms in total. The number of esters is 1. The first-order valence-corrected chi connectivity index (χ1v) is 26.7. The zero-order valence-electron chi connectivity index (χ0n) is 47.1. The monoisotopic (exact) mass is 1310 g/mol. The lowest BCUT2D eigenvalue weighted by atomic mass is 9.95. The van der Waals surface area contributed by atoms with Crippen molar-refractivity contribution in [2.75, 3.05) is 55.7 Å². The molecule has 508 valence electrons. The van der Waals surface area contributed by atoms with Crippen molar-refractivity contribution in [1.82, 2.24) is 40.5 Å². The average molecular weight is 1310 g/mol. The van der Waals surface area contributed by atoms with Crippen LogP contribution in [0.2, 0.25) is 0 Å². The molecule has 5 N–H and O–H groups in total. The molecule has 8 heterocycles. The highest BCUT2D eigenvalue weighted by molar-refractivity contribution is 5.91. The van der Waals surface area contributed by atoms with Gasteiger partial charge in [0, 0.05) is 75.7 Å². The molecule has 0 radical (unpaired) electrons. The standard InChI is InChI=1S/C19H21FN4O4.C19H19FN4O2.C8H9NO3.C6H5NO3.C4H3NO2.C3H3NO.6CH4/c20-14-1-2-15(13(9-14)10-21)24-6-3-12(4-7-24)11-23-18(27)16(25)17(26)19-22-5-8-28-19;20-16-1-2-17(15(11-16)12-21)24-8-5-14(6-9-24)13-23-18(25)3-4-19-22-7-10-26-19;1-2-11-8(10)4-3-7-9-5-6-12-7;8-6(9)2-1-5-7-3-4-10-5;6-3-4-5-1-2-7-4;1-2-5-3-4-1;;;;;;/h1-2,5,8-9,12,16-17,25-26H,3-4,6-7,11H2,(H,23,27);1-4,7,10-11,14H,5-6,8-9,13H2,(H,23,25);3-6H,2H2,1H3;1-4H,(H,8,9);1-3H;1-3H;6*1H4/b;4-3+;;2-1+;;;;;;;;/t16-,17-;;;;;;;;;;;/m1.........../s1. The van der Waals surface area contributed by atoms with Gasteiger partial charge in [-0.3, -0.25) is 14.4 Å². The number of carboxylic acid groups (broad SMARTS) is 1. The molecule has 2 aromatic carbocycles. The highest BCUT2D eigenvalue weighted by Crippen LogP contribution is 2.28. The van der Waals surface area contributed by atoms with Gasteiger partial charge in [0.05, 0.1) is 66.3 Å². The summed E-state index contributed by atoms with van der Waals surface area (Å²) in [4.78, 5) is 80.6. The van der Waals surface area contributed by atoms with Crippen molar-refractivity contribution in [3.8, 4) is 12.1 Å². The number of aliphatic carboxylic acids is 1. The number of aliphatic hydroxyl groups excluding tert-OH is 2. The maximum absolute atomic E-state index is 13.3. The van der Waals surface area contributed by atoms with Gasteiger partial charge >= 0.3 is 11.9 Å². The number of amides is 2. The van der Waals surface area contributed by atoms with Gasteiger partial charge < -0.3 is 67.0 Å². The molecule has 29 heteroatoms. The van der Waals surface area contributed by atoms with E-state index in [0.29, 0.717) is 79.5 Å². The van der Waals surface area contributed by atoms with Gasteiger partial charge in [0.25, 0.3) is 11.8 Å². The number of hydrogen-bond donors (Lipinski definition) is 5. The minimum absolute atomic E-state index is 0. The van der Waals surface area contributed by atoms with E-state index >= 15 is 0 Å². The fourth-order valence-electron chi connectivity index (χ4n) is 7.85. The number of benzene rings is 2. The Hall–Kier alpha value is -11.2. The van der Waals surface area contributed by atoms with Gasteiger partial charge in [0.1, 0.15) is 61.4 Å². The average Bonchev–Trinajstić information content (AvgIpc) is 1.04. The van der Waals surface area contributed by atoms with Gasteiger partial charge in [-0.15, -0.1) is 0 Å². The number of anilines is 2. The van der Waals surface area contributed by atoms with Crippen LogP contribution in [0.15, 0.2) is 162 Å². The molecule has 94 heavy (non-hydrogen) atoms. The lowest BCUT2D eigenvalue weighted by Crippen LogP contribution is -2.43. The van der Waals surface area contributed by atoms with Crippen molar-refractivity contribution >= 4 is 59.6 Å². The van der Waals surface area contributed by atoms with E-state index in [1.165, 1.54) is 130 Å². The Morgan fingerprint density at radius 1 is 0.628 bits per heavy atom. The normalized spacial score (nSPS) is 12.8. The number of carbonyl (C=O) groups is 5. The number of ether oxygens (including phenoxy) is 1. The molecule has 0 aliphatic carbocycles. The van der Waals surface area contributed by atoms with Crippen LogP contribution in [0.1, 0.15) is 129 Å². The first-order valence-electron chi connectivity index (χ1n) is 26.7. The Morgan fingerprint density at radius 2 is 1.06 bits per heavy atom. The molecule has 2 aliphatic heterocycles. The molecule has 0 saturated carbocycles. The van der Waals surface area contributed by atoms with Crippen molar-refractivity contribution in [3.63, 3.8) is 0 Å². The van der Waals surface area contributed by atoms with E-state index in [2.05, 4.69) is 65.1 Å². The number of hydrogen-bond acceptors (Lipinski definition) is 24. The zero-order chi connectivity index (χ0) is 63.3. The lowest BCUT2D eigenvalue weighted by Gasteiger charge is -2.34. The SMILES string of the molecule is C.C.C.C.C.C.CCOC(=O)C=Cc1ncco1.N#Cc1cc(F)ccc1N1CCC(CNC(=O)/C=C/c2ncco2)CC1.N#Cc1cc(F)ccc1N1CCC(CNC(=O)[C@H](O)[C@@H](O)c2ncco2)CC1.O=C(O)/C=C/c1ncco1.O=Cc1ncco1.c1cocn1. The second-order valence-corrected chi connectivity index (χ2v) is 18.0. The zero-order valence-corrected chi connectivity index (χ0v) is 47.1. The number of halogens is 2. The summed E-state index contributed by atoms with van der Waals surface area (Å²) in [5, 5.41) is 51.9. The minimum Gasteiger partial charge on any atom is -0.478 e. The van der Waals surface area contributed by atoms with Crippen LogP contribution >= 0.6 is 0 Å². The molecule has 8 aromatic rings. The fraction of sp³-hybridized carbons (Fsp3) is 0.338. The minimum atomic E-state index is -1.67. The summed E-state index contributed by atoms with van der Waals surface area (Å²) >= 11 is 0. The first-order chi connectivity index (χ1) is 42.7. The molecule has 0 unspecified atom stereocenters. The summed E-state index contributed by atoms with van der Waals surface area (Å²) < 4.78 is 59.7. The van der Waals surface area contributed by atoms with Crippen LogP contribution in [0.4, 0.5) is 20.2 Å². The van der Waals surface area contributed by atoms with Gasteiger partial charge in [-0.05, 0) is 80.8 Å². The lowest BCUT2D eigenvalue weighted by molar-refractivity contribution is -0.137. The summed E-state index contributed by atoms with van der Waals surface area (Å²) in [6.45, 7) is 5.95. The van der Waals surface area contributed by atoms with E-state index in [4.69, 9.17) is 22.8 Å².